The summed E-state index contributed by atoms with van der Waals surface area (Å²) in [5.41, 5.74) is 4.13. The van der Waals surface area contributed by atoms with Crippen LogP contribution in [0.5, 0.6) is 17.2 Å². The quantitative estimate of drug-likeness (QED) is 0.286. The predicted molar refractivity (Wildman–Crippen MR) is 131 cm³/mol. The average Bonchev–Trinajstić information content (AvgIpc) is 3.36. The van der Waals surface area contributed by atoms with Crippen molar-refractivity contribution in [1.82, 2.24) is 4.98 Å². The van der Waals surface area contributed by atoms with Crippen LogP contribution in [0.4, 0.5) is 0 Å². The Hall–Kier alpha value is -4.08. The molecule has 0 aliphatic rings. The molecule has 4 aromatic rings. The van der Waals surface area contributed by atoms with Crippen molar-refractivity contribution in [2.45, 2.75) is 6.61 Å². The van der Waals surface area contributed by atoms with E-state index in [0.717, 1.165) is 28.1 Å². The van der Waals surface area contributed by atoms with Crippen molar-refractivity contribution in [1.29, 1.82) is 5.26 Å². The maximum Gasteiger partial charge on any atom is 0.161 e. The Kier molecular flexibility index (Phi) is 7.03. The molecule has 0 unspecified atom stereocenters. The smallest absolute Gasteiger partial charge is 0.161 e. The molecule has 164 valence electrons. The van der Waals surface area contributed by atoms with E-state index in [-0.39, 0.29) is 0 Å². The van der Waals surface area contributed by atoms with Gasteiger partial charge in [0.15, 0.2) is 11.5 Å². The second kappa shape index (κ2) is 10.5. The van der Waals surface area contributed by atoms with Crippen LogP contribution in [0.2, 0.25) is 0 Å². The summed E-state index contributed by atoms with van der Waals surface area (Å²) in [4.78, 5) is 4.68. The maximum absolute atomic E-state index is 9.77. The van der Waals surface area contributed by atoms with Crippen LogP contribution in [0.15, 0.2) is 78.2 Å². The van der Waals surface area contributed by atoms with E-state index >= 15 is 0 Å². The third-order valence-corrected chi connectivity index (χ3v) is 5.83. The van der Waals surface area contributed by atoms with Crippen molar-refractivity contribution in [2.75, 3.05) is 14.2 Å². The van der Waals surface area contributed by atoms with Gasteiger partial charge in [0.25, 0.3) is 0 Å². The number of nitriles is 1. The second-order valence-electron chi connectivity index (χ2n) is 7.12. The zero-order valence-corrected chi connectivity index (χ0v) is 19.1. The molecule has 1 aromatic heterocycles. The van der Waals surface area contributed by atoms with Gasteiger partial charge in [0, 0.05) is 10.9 Å². The maximum atomic E-state index is 9.77. The van der Waals surface area contributed by atoms with Crippen molar-refractivity contribution in [3.8, 4) is 34.6 Å². The van der Waals surface area contributed by atoms with Gasteiger partial charge in [0.1, 0.15) is 23.4 Å². The monoisotopic (exact) mass is 454 g/mol. The molecule has 0 spiro atoms. The first-order valence-electron chi connectivity index (χ1n) is 10.3. The molecular weight excluding hydrogens is 432 g/mol. The molecule has 0 saturated carbocycles. The molecule has 33 heavy (non-hydrogen) atoms. The molecule has 6 heteroatoms. The van der Waals surface area contributed by atoms with Crippen molar-refractivity contribution < 1.29 is 14.2 Å². The zero-order chi connectivity index (χ0) is 23.0. The minimum Gasteiger partial charge on any atom is -0.493 e. The third kappa shape index (κ3) is 5.40. The minimum atomic E-state index is 0.486. The highest BCUT2D eigenvalue weighted by Gasteiger charge is 2.12. The van der Waals surface area contributed by atoms with E-state index in [1.807, 2.05) is 84.3 Å². The number of ether oxygens (including phenoxy) is 3. The summed E-state index contributed by atoms with van der Waals surface area (Å²) in [6, 6.07) is 25.6. The Bertz CT molecular complexity index is 1310. The molecule has 0 aliphatic heterocycles. The number of aromatic nitrogens is 1. The standard InChI is InChI=1S/C27H22N2O3S/c1-30-25-12-11-21(15-26(25)31-2)24-18-33-27(29-24)22(16-28)13-20-9-6-10-23(14-20)32-17-19-7-4-3-5-8-19/h3-15,18H,17H2,1-2H3/b22-13-. The number of rotatable bonds is 8. The lowest BCUT2D eigenvalue weighted by molar-refractivity contribution is 0.306. The average molecular weight is 455 g/mol. The third-order valence-electron chi connectivity index (χ3n) is 4.95. The summed E-state index contributed by atoms with van der Waals surface area (Å²) in [5, 5.41) is 12.4. The van der Waals surface area contributed by atoms with E-state index in [4.69, 9.17) is 14.2 Å². The van der Waals surface area contributed by atoms with Crippen LogP contribution in [0.1, 0.15) is 16.1 Å². The lowest BCUT2D eigenvalue weighted by atomic mass is 10.1. The van der Waals surface area contributed by atoms with Gasteiger partial charge in [-0.3, -0.25) is 0 Å². The lowest BCUT2D eigenvalue weighted by Crippen LogP contribution is -1.95. The number of methoxy groups -OCH3 is 2. The first-order valence-corrected chi connectivity index (χ1v) is 11.1. The normalized spacial score (nSPS) is 11.0. The summed E-state index contributed by atoms with van der Waals surface area (Å²) >= 11 is 1.43. The highest BCUT2D eigenvalue weighted by Crippen LogP contribution is 2.34. The van der Waals surface area contributed by atoms with E-state index in [1.54, 1.807) is 14.2 Å². The van der Waals surface area contributed by atoms with Crippen LogP contribution in [0.25, 0.3) is 22.9 Å². The first kappa shape index (κ1) is 22.1. The zero-order valence-electron chi connectivity index (χ0n) is 18.3. The van der Waals surface area contributed by atoms with Crippen molar-refractivity contribution in [3.63, 3.8) is 0 Å². The fourth-order valence-corrected chi connectivity index (χ4v) is 4.06. The molecule has 0 bridgehead atoms. The topological polar surface area (TPSA) is 64.4 Å². The number of allylic oxidation sites excluding steroid dienone is 1. The summed E-state index contributed by atoms with van der Waals surface area (Å²) in [7, 11) is 3.20. The number of hydrogen-bond acceptors (Lipinski definition) is 6. The fraction of sp³-hybridized carbons (Fsp3) is 0.111. The van der Waals surface area contributed by atoms with E-state index in [1.165, 1.54) is 11.3 Å². The summed E-state index contributed by atoms with van der Waals surface area (Å²) in [6.07, 6.45) is 1.83. The summed E-state index contributed by atoms with van der Waals surface area (Å²) in [6.45, 7) is 0.486. The highest BCUT2D eigenvalue weighted by atomic mass is 32.1. The van der Waals surface area contributed by atoms with Gasteiger partial charge < -0.3 is 14.2 Å². The van der Waals surface area contributed by atoms with Crippen LogP contribution in [0, 0.1) is 11.3 Å². The Morgan fingerprint density at radius 2 is 1.79 bits per heavy atom. The summed E-state index contributed by atoms with van der Waals surface area (Å²) in [5.74, 6) is 2.03. The van der Waals surface area contributed by atoms with Gasteiger partial charge in [0.05, 0.1) is 25.5 Å². The molecule has 0 radical (unpaired) electrons. The molecule has 5 nitrogen and oxygen atoms in total. The van der Waals surface area contributed by atoms with Gasteiger partial charge in [-0.05, 0) is 47.5 Å². The van der Waals surface area contributed by atoms with Crippen molar-refractivity contribution in [2.24, 2.45) is 0 Å². The van der Waals surface area contributed by atoms with E-state index in [9.17, 15) is 5.26 Å². The molecule has 0 fully saturated rings. The molecular formula is C27H22N2O3S. The van der Waals surface area contributed by atoms with Gasteiger partial charge >= 0.3 is 0 Å². The van der Waals surface area contributed by atoms with Gasteiger partial charge in [-0.25, -0.2) is 4.98 Å². The van der Waals surface area contributed by atoms with Gasteiger partial charge in [0.2, 0.25) is 0 Å². The van der Waals surface area contributed by atoms with Crippen LogP contribution in [-0.4, -0.2) is 19.2 Å². The largest absolute Gasteiger partial charge is 0.493 e. The minimum absolute atomic E-state index is 0.486. The van der Waals surface area contributed by atoms with E-state index < -0.39 is 0 Å². The molecule has 4 rings (SSSR count). The number of thiazole rings is 1. The Morgan fingerprint density at radius 1 is 0.970 bits per heavy atom. The number of hydrogen-bond donors (Lipinski definition) is 0. The molecule has 3 aromatic carbocycles. The summed E-state index contributed by atoms with van der Waals surface area (Å²) < 4.78 is 16.6. The molecule has 0 atom stereocenters. The Morgan fingerprint density at radius 3 is 2.55 bits per heavy atom. The SMILES string of the molecule is COc1ccc(-c2csc(/C(C#N)=C\c3cccc(OCc4ccccc4)c3)n2)cc1OC. The number of benzene rings is 3. The first-order chi connectivity index (χ1) is 16.2. The van der Waals surface area contributed by atoms with Gasteiger partial charge in [-0.2, -0.15) is 5.26 Å². The van der Waals surface area contributed by atoms with Crippen LogP contribution in [-0.2, 0) is 6.61 Å². The molecule has 0 amide bonds. The Balaban J connectivity index is 1.54. The number of nitrogens with zero attached hydrogens (tertiary/aromatic N) is 2. The van der Waals surface area contributed by atoms with Gasteiger partial charge in [-0.15, -0.1) is 11.3 Å². The highest BCUT2D eigenvalue weighted by molar-refractivity contribution is 7.11. The van der Waals surface area contributed by atoms with Gasteiger partial charge in [-0.1, -0.05) is 42.5 Å². The lowest BCUT2D eigenvalue weighted by Gasteiger charge is -2.08. The van der Waals surface area contributed by atoms with Crippen molar-refractivity contribution >= 4 is 23.0 Å². The molecule has 1 heterocycles. The molecule has 0 saturated heterocycles. The van der Waals surface area contributed by atoms with Crippen molar-refractivity contribution in [3.05, 3.63) is 94.3 Å². The van der Waals surface area contributed by atoms with Crippen LogP contribution >= 0.6 is 11.3 Å². The van der Waals surface area contributed by atoms with Crippen LogP contribution < -0.4 is 14.2 Å². The predicted octanol–water partition coefficient (Wildman–Crippen LogP) is 6.47. The fourth-order valence-electron chi connectivity index (χ4n) is 3.27. The molecule has 0 N–H and O–H groups in total. The second-order valence-corrected chi connectivity index (χ2v) is 7.98. The molecule has 0 aliphatic carbocycles. The van der Waals surface area contributed by atoms with Crippen LogP contribution in [0.3, 0.4) is 0 Å². The van der Waals surface area contributed by atoms with E-state index in [0.29, 0.717) is 28.7 Å². The van der Waals surface area contributed by atoms with E-state index in [2.05, 4.69) is 11.1 Å². The Labute approximate surface area is 197 Å².